The molecule has 1 aliphatic rings. The van der Waals surface area contributed by atoms with Crippen molar-refractivity contribution < 1.29 is 9.53 Å². The van der Waals surface area contributed by atoms with Crippen LogP contribution in [0.25, 0.3) is 0 Å². The number of benzene rings is 1. The summed E-state index contributed by atoms with van der Waals surface area (Å²) in [6.07, 6.45) is 4.44. The van der Waals surface area contributed by atoms with E-state index >= 15 is 0 Å². The SMILES string of the molecule is CCCOC(=O)[C@@H](c1ccccc1)C1CCC1. The average Bonchev–Trinajstić information content (AvgIpc) is 2.31. The van der Waals surface area contributed by atoms with Crippen LogP contribution in [-0.4, -0.2) is 12.6 Å². The Hall–Kier alpha value is -1.31. The van der Waals surface area contributed by atoms with Crippen LogP contribution in [0.2, 0.25) is 0 Å². The first-order valence-electron chi connectivity index (χ1n) is 6.54. The Morgan fingerprint density at radius 3 is 2.59 bits per heavy atom. The predicted molar refractivity (Wildman–Crippen MR) is 67.8 cm³/mol. The molecule has 17 heavy (non-hydrogen) atoms. The molecule has 1 aromatic rings. The minimum Gasteiger partial charge on any atom is -0.465 e. The summed E-state index contributed by atoms with van der Waals surface area (Å²) in [5.41, 5.74) is 1.11. The minimum atomic E-state index is -0.0449. The lowest BCUT2D eigenvalue weighted by Crippen LogP contribution is -2.28. The van der Waals surface area contributed by atoms with Crippen molar-refractivity contribution in [2.45, 2.75) is 38.5 Å². The van der Waals surface area contributed by atoms with Gasteiger partial charge >= 0.3 is 5.97 Å². The molecular formula is C15H20O2. The van der Waals surface area contributed by atoms with Crippen molar-refractivity contribution in [3.05, 3.63) is 35.9 Å². The van der Waals surface area contributed by atoms with Gasteiger partial charge in [-0.05, 0) is 30.7 Å². The number of hydrogen-bond donors (Lipinski definition) is 0. The number of hydrogen-bond acceptors (Lipinski definition) is 2. The third-order valence-corrected chi connectivity index (χ3v) is 3.48. The monoisotopic (exact) mass is 232 g/mol. The van der Waals surface area contributed by atoms with Gasteiger partial charge in [0, 0.05) is 0 Å². The smallest absolute Gasteiger partial charge is 0.313 e. The van der Waals surface area contributed by atoms with E-state index in [-0.39, 0.29) is 11.9 Å². The first-order valence-corrected chi connectivity index (χ1v) is 6.54. The molecule has 1 saturated carbocycles. The van der Waals surface area contributed by atoms with Crippen LogP contribution in [0.5, 0.6) is 0 Å². The van der Waals surface area contributed by atoms with Crippen molar-refractivity contribution >= 4 is 5.97 Å². The van der Waals surface area contributed by atoms with Crippen molar-refractivity contribution in [1.29, 1.82) is 0 Å². The van der Waals surface area contributed by atoms with Crippen molar-refractivity contribution in [1.82, 2.24) is 0 Å². The maximum Gasteiger partial charge on any atom is 0.313 e. The summed E-state index contributed by atoms with van der Waals surface area (Å²) < 4.78 is 5.33. The maximum atomic E-state index is 12.1. The van der Waals surface area contributed by atoms with Gasteiger partial charge in [0.1, 0.15) is 0 Å². The molecule has 2 rings (SSSR count). The minimum absolute atomic E-state index is 0.0391. The van der Waals surface area contributed by atoms with Crippen LogP contribution in [0.15, 0.2) is 30.3 Å². The highest BCUT2D eigenvalue weighted by Gasteiger charge is 2.34. The fraction of sp³-hybridized carbons (Fsp3) is 0.533. The lowest BCUT2D eigenvalue weighted by Gasteiger charge is -2.32. The summed E-state index contributed by atoms with van der Waals surface area (Å²) in [6.45, 7) is 2.56. The molecule has 0 heterocycles. The number of ether oxygens (including phenoxy) is 1. The van der Waals surface area contributed by atoms with Gasteiger partial charge in [0.05, 0.1) is 12.5 Å². The fourth-order valence-corrected chi connectivity index (χ4v) is 2.33. The van der Waals surface area contributed by atoms with Crippen molar-refractivity contribution in [2.75, 3.05) is 6.61 Å². The maximum absolute atomic E-state index is 12.1. The Balaban J connectivity index is 2.10. The highest BCUT2D eigenvalue weighted by Crippen LogP contribution is 2.39. The van der Waals surface area contributed by atoms with Gasteiger partial charge in [-0.2, -0.15) is 0 Å². The molecule has 2 heteroatoms. The Labute approximate surface area is 103 Å². The van der Waals surface area contributed by atoms with Gasteiger partial charge in [-0.3, -0.25) is 4.79 Å². The first-order chi connectivity index (χ1) is 8.33. The van der Waals surface area contributed by atoms with Gasteiger partial charge in [0.25, 0.3) is 0 Å². The van der Waals surface area contributed by atoms with E-state index in [1.165, 1.54) is 6.42 Å². The normalized spacial score (nSPS) is 17.2. The number of rotatable bonds is 5. The highest BCUT2D eigenvalue weighted by atomic mass is 16.5. The number of esters is 1. The second-order valence-corrected chi connectivity index (χ2v) is 4.75. The van der Waals surface area contributed by atoms with Crippen molar-refractivity contribution in [2.24, 2.45) is 5.92 Å². The van der Waals surface area contributed by atoms with Crippen LogP contribution < -0.4 is 0 Å². The van der Waals surface area contributed by atoms with E-state index in [0.717, 1.165) is 24.8 Å². The molecular weight excluding hydrogens is 212 g/mol. The average molecular weight is 232 g/mol. The van der Waals surface area contributed by atoms with E-state index in [9.17, 15) is 4.79 Å². The molecule has 92 valence electrons. The molecule has 0 amide bonds. The van der Waals surface area contributed by atoms with Gasteiger partial charge < -0.3 is 4.74 Å². The van der Waals surface area contributed by atoms with E-state index in [2.05, 4.69) is 0 Å². The van der Waals surface area contributed by atoms with Crippen LogP contribution in [0.4, 0.5) is 0 Å². The lowest BCUT2D eigenvalue weighted by molar-refractivity contribution is -0.147. The second-order valence-electron chi connectivity index (χ2n) is 4.75. The molecule has 0 aromatic heterocycles. The zero-order valence-corrected chi connectivity index (χ0v) is 10.4. The van der Waals surface area contributed by atoms with Crippen LogP contribution >= 0.6 is 0 Å². The molecule has 2 nitrogen and oxygen atoms in total. The molecule has 0 bridgehead atoms. The summed E-state index contributed by atoms with van der Waals surface area (Å²) in [7, 11) is 0. The standard InChI is InChI=1S/C15H20O2/c1-2-11-17-15(16)14(13-9-6-10-13)12-7-4-3-5-8-12/h3-5,7-8,13-14H,2,6,9-11H2,1H3/t14-/m0/s1. The van der Waals surface area contributed by atoms with Crippen LogP contribution in [0.3, 0.4) is 0 Å². The Morgan fingerprint density at radius 2 is 2.06 bits per heavy atom. The molecule has 1 aromatic carbocycles. The summed E-state index contributed by atoms with van der Waals surface area (Å²) in [4.78, 5) is 12.1. The third-order valence-electron chi connectivity index (χ3n) is 3.48. The van der Waals surface area contributed by atoms with Gasteiger partial charge in [-0.25, -0.2) is 0 Å². The highest BCUT2D eigenvalue weighted by molar-refractivity contribution is 5.78. The Morgan fingerprint density at radius 1 is 1.35 bits per heavy atom. The quantitative estimate of drug-likeness (QED) is 0.726. The summed E-state index contributed by atoms with van der Waals surface area (Å²) >= 11 is 0. The van der Waals surface area contributed by atoms with Crippen LogP contribution in [-0.2, 0) is 9.53 Å². The topological polar surface area (TPSA) is 26.3 Å². The lowest BCUT2D eigenvalue weighted by atomic mass is 9.73. The molecule has 1 fully saturated rings. The fourth-order valence-electron chi connectivity index (χ4n) is 2.33. The van der Waals surface area contributed by atoms with Crippen LogP contribution in [0.1, 0.15) is 44.1 Å². The second kappa shape index (κ2) is 5.85. The molecule has 0 saturated heterocycles. The largest absolute Gasteiger partial charge is 0.465 e. The van der Waals surface area contributed by atoms with E-state index in [1.54, 1.807) is 0 Å². The van der Waals surface area contributed by atoms with Crippen molar-refractivity contribution in [3.63, 3.8) is 0 Å². The van der Waals surface area contributed by atoms with Gasteiger partial charge in [0.2, 0.25) is 0 Å². The Bertz CT molecular complexity index is 354. The van der Waals surface area contributed by atoms with E-state index < -0.39 is 0 Å². The first kappa shape index (κ1) is 12.2. The molecule has 1 aliphatic carbocycles. The van der Waals surface area contributed by atoms with Crippen molar-refractivity contribution in [3.8, 4) is 0 Å². The van der Waals surface area contributed by atoms with E-state index in [0.29, 0.717) is 12.5 Å². The van der Waals surface area contributed by atoms with E-state index in [1.807, 2.05) is 37.3 Å². The number of carbonyl (C=O) groups excluding carboxylic acids is 1. The van der Waals surface area contributed by atoms with Gasteiger partial charge in [-0.15, -0.1) is 0 Å². The van der Waals surface area contributed by atoms with Crippen LogP contribution in [0, 0.1) is 5.92 Å². The summed E-state index contributed by atoms with van der Waals surface area (Å²) in [6, 6.07) is 10.0. The molecule has 0 radical (unpaired) electrons. The predicted octanol–water partition coefficient (Wildman–Crippen LogP) is 3.52. The molecule has 0 unspecified atom stereocenters. The Kier molecular flexibility index (Phi) is 4.18. The third kappa shape index (κ3) is 2.87. The molecule has 0 aliphatic heterocycles. The zero-order valence-electron chi connectivity index (χ0n) is 10.4. The summed E-state index contributed by atoms with van der Waals surface area (Å²) in [5, 5.41) is 0. The van der Waals surface area contributed by atoms with Gasteiger partial charge in [0.15, 0.2) is 0 Å². The van der Waals surface area contributed by atoms with Gasteiger partial charge in [-0.1, -0.05) is 43.7 Å². The molecule has 0 N–H and O–H groups in total. The molecule has 0 spiro atoms. The number of carbonyl (C=O) groups is 1. The molecule has 1 atom stereocenters. The summed E-state index contributed by atoms with van der Waals surface area (Å²) in [5.74, 6) is 0.404. The van der Waals surface area contributed by atoms with E-state index in [4.69, 9.17) is 4.74 Å². The zero-order chi connectivity index (χ0) is 12.1.